The van der Waals surface area contributed by atoms with Crippen molar-refractivity contribution >= 4 is 12.1 Å². The molecule has 3 aliphatic rings. The van der Waals surface area contributed by atoms with Crippen LogP contribution in [0.3, 0.4) is 0 Å². The van der Waals surface area contributed by atoms with Crippen LogP contribution in [-0.4, -0.2) is 45.9 Å². The monoisotopic (exact) mass is 273 g/mol. The maximum Gasteiger partial charge on any atom is 0.411 e. The highest BCUT2D eigenvalue weighted by molar-refractivity contribution is 5.81. The van der Waals surface area contributed by atoms with Crippen molar-refractivity contribution in [3.63, 3.8) is 0 Å². The van der Waals surface area contributed by atoms with Gasteiger partial charge in [0.2, 0.25) is 0 Å². The van der Waals surface area contributed by atoms with E-state index in [0.29, 0.717) is 12.8 Å². The zero-order chi connectivity index (χ0) is 14.4. The molecular formula is C13H20FNO4. The summed E-state index contributed by atoms with van der Waals surface area (Å²) >= 11 is 0. The predicted molar refractivity (Wildman–Crippen MR) is 65.5 cm³/mol. The van der Waals surface area contributed by atoms with Gasteiger partial charge in [0.15, 0.2) is 0 Å². The fourth-order valence-corrected chi connectivity index (χ4v) is 3.04. The van der Waals surface area contributed by atoms with Crippen LogP contribution in [0.1, 0.15) is 40.0 Å². The van der Waals surface area contributed by atoms with Gasteiger partial charge in [0, 0.05) is 12.0 Å². The van der Waals surface area contributed by atoms with Crippen LogP contribution in [0.2, 0.25) is 0 Å². The largest absolute Gasteiger partial charge is 0.480 e. The van der Waals surface area contributed by atoms with E-state index in [1.165, 1.54) is 4.90 Å². The molecule has 1 aliphatic carbocycles. The van der Waals surface area contributed by atoms with E-state index in [9.17, 15) is 19.1 Å². The van der Waals surface area contributed by atoms with E-state index in [2.05, 4.69) is 0 Å². The van der Waals surface area contributed by atoms with Gasteiger partial charge in [-0.15, -0.1) is 0 Å². The molecule has 3 rings (SSSR count). The SMILES string of the molecule is CC(C)(C)OC(=O)N1[C@@H]2CC[C@@H]([C@@H](F)C2)[C@@H]1C(=O)O. The summed E-state index contributed by atoms with van der Waals surface area (Å²) in [7, 11) is 0. The van der Waals surface area contributed by atoms with Gasteiger partial charge >= 0.3 is 12.1 Å². The van der Waals surface area contributed by atoms with Crippen LogP contribution >= 0.6 is 0 Å². The fraction of sp³-hybridized carbons (Fsp3) is 0.846. The van der Waals surface area contributed by atoms with E-state index in [4.69, 9.17) is 4.74 Å². The molecule has 2 aliphatic heterocycles. The number of rotatable bonds is 1. The Morgan fingerprint density at radius 1 is 1.32 bits per heavy atom. The smallest absolute Gasteiger partial charge is 0.411 e. The quantitative estimate of drug-likeness (QED) is 0.795. The molecule has 0 radical (unpaired) electrons. The number of carbonyl (C=O) groups is 2. The first-order chi connectivity index (χ1) is 8.70. The van der Waals surface area contributed by atoms with Gasteiger partial charge in [-0.2, -0.15) is 0 Å². The number of carbonyl (C=O) groups excluding carboxylic acids is 1. The summed E-state index contributed by atoms with van der Waals surface area (Å²) in [6.45, 7) is 5.17. The van der Waals surface area contributed by atoms with Gasteiger partial charge in [0.1, 0.15) is 17.8 Å². The molecule has 2 heterocycles. The van der Waals surface area contributed by atoms with E-state index in [1.54, 1.807) is 20.8 Å². The van der Waals surface area contributed by atoms with Crippen LogP contribution in [0.5, 0.6) is 0 Å². The molecule has 19 heavy (non-hydrogen) atoms. The first kappa shape index (κ1) is 14.1. The number of hydrogen-bond donors (Lipinski definition) is 1. The second kappa shape index (κ2) is 4.65. The third-order valence-electron chi connectivity index (χ3n) is 3.75. The van der Waals surface area contributed by atoms with Crippen molar-refractivity contribution in [2.24, 2.45) is 5.92 Å². The highest BCUT2D eigenvalue weighted by atomic mass is 19.1. The van der Waals surface area contributed by atoms with Crippen molar-refractivity contribution in [3.8, 4) is 0 Å². The Hall–Kier alpha value is -1.33. The lowest BCUT2D eigenvalue weighted by atomic mass is 9.73. The Morgan fingerprint density at radius 3 is 2.42 bits per heavy atom. The summed E-state index contributed by atoms with van der Waals surface area (Å²) < 4.78 is 19.1. The van der Waals surface area contributed by atoms with Crippen molar-refractivity contribution in [3.05, 3.63) is 0 Å². The Kier molecular flexibility index (Phi) is 3.45. The van der Waals surface area contributed by atoms with Gasteiger partial charge in [-0.1, -0.05) is 0 Å². The summed E-state index contributed by atoms with van der Waals surface area (Å²) in [6, 6.07) is -1.46. The summed E-state index contributed by atoms with van der Waals surface area (Å²) in [6.07, 6.45) is -0.413. The van der Waals surface area contributed by atoms with E-state index in [-0.39, 0.29) is 12.5 Å². The Bertz CT molecular complexity index is 393. The normalized spacial score (nSPS) is 34.2. The summed E-state index contributed by atoms with van der Waals surface area (Å²) in [4.78, 5) is 24.7. The number of amides is 1. The molecule has 1 saturated carbocycles. The number of nitrogens with zero attached hydrogens (tertiary/aromatic N) is 1. The highest BCUT2D eigenvalue weighted by Gasteiger charge is 2.53. The molecule has 4 atom stereocenters. The van der Waals surface area contributed by atoms with Gasteiger partial charge in [0.05, 0.1) is 0 Å². The minimum Gasteiger partial charge on any atom is -0.480 e. The standard InChI is InChI=1S/C13H20FNO4/c1-13(2,3)19-12(18)15-7-4-5-8(9(14)6-7)10(15)11(16)17/h7-10H,4-6H2,1-3H3,(H,16,17)/t7-,8+,9+,10-/m1/s1. The molecule has 108 valence electrons. The lowest BCUT2D eigenvalue weighted by Gasteiger charge is -2.50. The number of carboxylic acids is 1. The lowest BCUT2D eigenvalue weighted by Crippen LogP contribution is -2.64. The van der Waals surface area contributed by atoms with Crippen molar-refractivity contribution < 1.29 is 23.8 Å². The molecule has 2 saturated heterocycles. The minimum absolute atomic E-state index is 0.216. The van der Waals surface area contributed by atoms with Crippen LogP contribution in [-0.2, 0) is 9.53 Å². The third-order valence-corrected chi connectivity index (χ3v) is 3.75. The van der Waals surface area contributed by atoms with E-state index >= 15 is 0 Å². The fourth-order valence-electron chi connectivity index (χ4n) is 3.04. The van der Waals surface area contributed by atoms with Gasteiger partial charge < -0.3 is 9.84 Å². The highest BCUT2D eigenvalue weighted by Crippen LogP contribution is 2.42. The molecular weight excluding hydrogens is 253 g/mol. The van der Waals surface area contributed by atoms with Crippen LogP contribution in [0, 0.1) is 5.92 Å². The zero-order valence-corrected chi connectivity index (χ0v) is 11.4. The Morgan fingerprint density at radius 2 is 1.95 bits per heavy atom. The number of piperidine rings is 2. The van der Waals surface area contributed by atoms with Crippen LogP contribution < -0.4 is 0 Å². The van der Waals surface area contributed by atoms with Crippen molar-refractivity contribution in [1.82, 2.24) is 4.90 Å². The van der Waals surface area contributed by atoms with E-state index < -0.39 is 35.8 Å². The maximum atomic E-state index is 13.8. The first-order valence-corrected chi connectivity index (χ1v) is 6.59. The molecule has 0 spiro atoms. The molecule has 5 nitrogen and oxygen atoms in total. The number of carboxylic acid groups (broad SMARTS) is 1. The van der Waals surface area contributed by atoms with Crippen molar-refractivity contribution in [2.45, 2.75) is 63.9 Å². The number of ether oxygens (including phenoxy) is 1. The first-order valence-electron chi connectivity index (χ1n) is 6.59. The molecule has 3 fully saturated rings. The minimum atomic E-state index is -1.15. The lowest BCUT2D eigenvalue weighted by molar-refractivity contribution is -0.156. The zero-order valence-electron chi connectivity index (χ0n) is 11.4. The van der Waals surface area contributed by atoms with Crippen LogP contribution in [0.4, 0.5) is 9.18 Å². The Labute approximate surface area is 111 Å². The molecule has 0 aromatic rings. The van der Waals surface area contributed by atoms with Crippen molar-refractivity contribution in [2.75, 3.05) is 0 Å². The third kappa shape index (κ3) is 2.67. The second-order valence-corrected chi connectivity index (χ2v) is 6.32. The molecule has 0 unspecified atom stereocenters. The van der Waals surface area contributed by atoms with Crippen LogP contribution in [0.25, 0.3) is 0 Å². The van der Waals surface area contributed by atoms with Gasteiger partial charge in [-0.25, -0.2) is 14.0 Å². The number of alkyl halides is 1. The predicted octanol–water partition coefficient (Wildman–Crippen LogP) is 2.20. The molecule has 1 amide bonds. The molecule has 1 N–H and O–H groups in total. The number of aliphatic carboxylic acids is 1. The van der Waals surface area contributed by atoms with Gasteiger partial charge in [0.25, 0.3) is 0 Å². The van der Waals surface area contributed by atoms with E-state index in [1.807, 2.05) is 0 Å². The molecule has 0 aromatic heterocycles. The van der Waals surface area contributed by atoms with Gasteiger partial charge in [-0.05, 0) is 40.0 Å². The number of fused-ring (bicyclic) bond motifs is 3. The topological polar surface area (TPSA) is 66.8 Å². The molecule has 0 aromatic carbocycles. The maximum absolute atomic E-state index is 13.8. The number of hydrogen-bond acceptors (Lipinski definition) is 3. The van der Waals surface area contributed by atoms with Crippen molar-refractivity contribution in [1.29, 1.82) is 0 Å². The summed E-state index contributed by atoms with van der Waals surface area (Å²) in [5, 5.41) is 9.28. The summed E-state index contributed by atoms with van der Waals surface area (Å²) in [5.41, 5.74) is -0.689. The Balaban J connectivity index is 2.22. The molecule has 6 heteroatoms. The molecule has 2 bridgehead atoms. The average Bonchev–Trinajstić information content (AvgIpc) is 2.25. The average molecular weight is 273 g/mol. The van der Waals surface area contributed by atoms with Gasteiger partial charge in [-0.3, -0.25) is 4.90 Å². The number of halogens is 1. The van der Waals surface area contributed by atoms with Crippen LogP contribution in [0.15, 0.2) is 0 Å². The van der Waals surface area contributed by atoms with E-state index in [0.717, 1.165) is 0 Å². The summed E-state index contributed by atoms with van der Waals surface area (Å²) in [5.74, 6) is -1.77. The second-order valence-electron chi connectivity index (χ2n) is 6.32.